The summed E-state index contributed by atoms with van der Waals surface area (Å²) in [5.74, 6) is -0.367. The molecule has 9 heteroatoms. The van der Waals surface area contributed by atoms with Crippen LogP contribution in [-0.2, 0) is 23.1 Å². The van der Waals surface area contributed by atoms with Gasteiger partial charge in [0.2, 0.25) is 0 Å². The van der Waals surface area contributed by atoms with Gasteiger partial charge in [-0.15, -0.1) is 0 Å². The summed E-state index contributed by atoms with van der Waals surface area (Å²) in [6, 6.07) is 0. The van der Waals surface area contributed by atoms with Crippen LogP contribution in [0.25, 0.3) is 0 Å². The molecule has 0 spiro atoms. The number of phosphoric acid groups is 1. The summed E-state index contributed by atoms with van der Waals surface area (Å²) in [6.07, 6.45) is 29.8. The fourth-order valence-electron chi connectivity index (χ4n) is 5.01. The number of carbonyl (C=O) groups excluding carboxylic acids is 1. The number of esters is 1. The number of likely N-dealkylation sites (N-methyl/N-ethyl adjacent to an activating group) is 1. The SMILES string of the molecule is CCCCCCCCCCCCCCCCCCCCCCCCCC(=O)OCC(O)COP(=O)(O)OCC[N+](C)(C)C. The number of hydrogen-bond acceptors (Lipinski definition) is 6. The largest absolute Gasteiger partial charge is 0.472 e. The Morgan fingerprint density at radius 3 is 1.37 bits per heavy atom. The van der Waals surface area contributed by atoms with Crippen molar-refractivity contribution in [1.82, 2.24) is 0 Å². The zero-order chi connectivity index (χ0) is 32.1. The van der Waals surface area contributed by atoms with E-state index in [1.165, 1.54) is 128 Å². The van der Waals surface area contributed by atoms with Gasteiger partial charge in [0.25, 0.3) is 0 Å². The number of ether oxygens (including phenoxy) is 1. The number of aliphatic hydroxyl groups excluding tert-OH is 1. The molecule has 0 radical (unpaired) electrons. The van der Waals surface area contributed by atoms with Crippen molar-refractivity contribution in [2.75, 3.05) is 47.5 Å². The summed E-state index contributed by atoms with van der Waals surface area (Å²) in [5.41, 5.74) is 0. The van der Waals surface area contributed by atoms with E-state index in [-0.39, 0.29) is 19.2 Å². The zero-order valence-corrected chi connectivity index (χ0v) is 29.6. The van der Waals surface area contributed by atoms with Crippen LogP contribution in [0.3, 0.4) is 0 Å². The van der Waals surface area contributed by atoms with Gasteiger partial charge in [-0.2, -0.15) is 0 Å². The molecular weight excluding hydrogens is 565 g/mol. The third-order valence-electron chi connectivity index (χ3n) is 7.87. The monoisotopic (exact) mass is 636 g/mol. The lowest BCUT2D eigenvalue weighted by molar-refractivity contribution is -0.870. The fourth-order valence-corrected chi connectivity index (χ4v) is 5.76. The summed E-state index contributed by atoms with van der Waals surface area (Å²) >= 11 is 0. The lowest BCUT2D eigenvalue weighted by Gasteiger charge is -2.24. The quantitative estimate of drug-likeness (QED) is 0.0321. The highest BCUT2D eigenvalue weighted by Crippen LogP contribution is 2.43. The maximum Gasteiger partial charge on any atom is 0.472 e. The van der Waals surface area contributed by atoms with Crippen molar-refractivity contribution < 1.29 is 37.6 Å². The van der Waals surface area contributed by atoms with Crippen LogP contribution in [0, 0.1) is 0 Å². The van der Waals surface area contributed by atoms with Gasteiger partial charge in [0.15, 0.2) is 0 Å². The second-order valence-electron chi connectivity index (χ2n) is 13.5. The molecule has 2 atom stereocenters. The van der Waals surface area contributed by atoms with Crippen LogP contribution in [0.5, 0.6) is 0 Å². The third-order valence-corrected chi connectivity index (χ3v) is 8.85. The number of phosphoric ester groups is 1. The van der Waals surface area contributed by atoms with Crippen LogP contribution in [-0.4, -0.2) is 74.1 Å². The molecule has 0 aromatic rings. The molecule has 0 rings (SSSR count). The number of aliphatic hydroxyl groups is 1. The molecule has 43 heavy (non-hydrogen) atoms. The highest BCUT2D eigenvalue weighted by Gasteiger charge is 2.24. The Bertz CT molecular complexity index is 672. The summed E-state index contributed by atoms with van der Waals surface area (Å²) < 4.78 is 27.2. The van der Waals surface area contributed by atoms with Crippen molar-refractivity contribution in [3.05, 3.63) is 0 Å². The van der Waals surface area contributed by atoms with Crippen molar-refractivity contribution >= 4 is 13.8 Å². The van der Waals surface area contributed by atoms with E-state index in [1.807, 2.05) is 21.1 Å². The van der Waals surface area contributed by atoms with Crippen LogP contribution >= 0.6 is 7.82 Å². The summed E-state index contributed by atoms with van der Waals surface area (Å²) in [6.45, 7) is 2.17. The number of quaternary nitrogens is 1. The molecule has 0 aromatic carbocycles. The summed E-state index contributed by atoms with van der Waals surface area (Å²) in [5, 5.41) is 9.88. The minimum Gasteiger partial charge on any atom is -0.463 e. The van der Waals surface area contributed by atoms with Gasteiger partial charge in [-0.25, -0.2) is 4.57 Å². The summed E-state index contributed by atoms with van der Waals surface area (Å²) in [7, 11) is 1.57. The van der Waals surface area contributed by atoms with Crippen molar-refractivity contribution in [2.24, 2.45) is 0 Å². The first-order chi connectivity index (χ1) is 20.6. The molecule has 0 aliphatic rings. The van der Waals surface area contributed by atoms with Gasteiger partial charge in [0.1, 0.15) is 25.9 Å². The molecule has 8 nitrogen and oxygen atoms in total. The molecule has 0 fully saturated rings. The smallest absolute Gasteiger partial charge is 0.463 e. The molecule has 0 aliphatic carbocycles. The van der Waals surface area contributed by atoms with Gasteiger partial charge in [-0.1, -0.05) is 148 Å². The van der Waals surface area contributed by atoms with Crippen LogP contribution in [0.4, 0.5) is 0 Å². The van der Waals surface area contributed by atoms with Crippen LogP contribution in [0.15, 0.2) is 0 Å². The van der Waals surface area contributed by atoms with E-state index in [0.29, 0.717) is 17.4 Å². The predicted molar refractivity (Wildman–Crippen MR) is 178 cm³/mol. The minimum absolute atomic E-state index is 0.0575. The lowest BCUT2D eigenvalue weighted by Crippen LogP contribution is -2.37. The molecule has 0 aromatic heterocycles. The predicted octanol–water partition coefficient (Wildman–Crippen LogP) is 9.11. The Kier molecular flexibility index (Phi) is 28.6. The number of carbonyl (C=O) groups is 1. The second-order valence-corrected chi connectivity index (χ2v) is 14.9. The normalized spacial score (nSPS) is 14.1. The molecule has 0 saturated carbocycles. The van der Waals surface area contributed by atoms with Crippen LogP contribution in [0.1, 0.15) is 161 Å². The number of rotatable bonds is 33. The Labute approximate surface area is 265 Å². The third kappa shape index (κ3) is 34.2. The van der Waals surface area contributed by atoms with E-state index in [0.717, 1.165) is 19.3 Å². The Morgan fingerprint density at radius 2 is 1.00 bits per heavy atom. The molecular formula is C34H71NO7P+. The first-order valence-corrected chi connectivity index (χ1v) is 19.3. The average molecular weight is 637 g/mol. The molecule has 0 amide bonds. The van der Waals surface area contributed by atoms with Gasteiger partial charge in [-0.3, -0.25) is 13.8 Å². The zero-order valence-electron chi connectivity index (χ0n) is 28.7. The average Bonchev–Trinajstić information content (AvgIpc) is 2.94. The first kappa shape index (κ1) is 42.5. The van der Waals surface area contributed by atoms with Gasteiger partial charge < -0.3 is 19.2 Å². The van der Waals surface area contributed by atoms with Gasteiger partial charge in [0, 0.05) is 6.42 Å². The van der Waals surface area contributed by atoms with Crippen molar-refractivity contribution in [2.45, 2.75) is 167 Å². The molecule has 0 saturated heterocycles. The van der Waals surface area contributed by atoms with E-state index >= 15 is 0 Å². The molecule has 0 aliphatic heterocycles. The maximum atomic E-state index is 11.9. The van der Waals surface area contributed by atoms with E-state index in [9.17, 15) is 19.4 Å². The van der Waals surface area contributed by atoms with Crippen LogP contribution in [0.2, 0.25) is 0 Å². The first-order valence-electron chi connectivity index (χ1n) is 17.8. The topological polar surface area (TPSA) is 102 Å². The second kappa shape index (κ2) is 28.9. The van der Waals surface area contributed by atoms with E-state index < -0.39 is 20.5 Å². The summed E-state index contributed by atoms with van der Waals surface area (Å²) in [4.78, 5) is 21.6. The van der Waals surface area contributed by atoms with E-state index in [2.05, 4.69) is 6.92 Å². The molecule has 258 valence electrons. The molecule has 0 bridgehead atoms. The lowest BCUT2D eigenvalue weighted by atomic mass is 10.0. The highest BCUT2D eigenvalue weighted by molar-refractivity contribution is 7.47. The van der Waals surface area contributed by atoms with Crippen molar-refractivity contribution in [3.8, 4) is 0 Å². The van der Waals surface area contributed by atoms with Gasteiger partial charge in [0.05, 0.1) is 27.7 Å². The minimum atomic E-state index is -4.24. The molecule has 2 unspecified atom stereocenters. The van der Waals surface area contributed by atoms with Crippen molar-refractivity contribution in [3.63, 3.8) is 0 Å². The highest BCUT2D eigenvalue weighted by atomic mass is 31.2. The van der Waals surface area contributed by atoms with E-state index in [4.69, 9.17) is 13.8 Å². The number of unbranched alkanes of at least 4 members (excludes halogenated alkanes) is 22. The molecule has 2 N–H and O–H groups in total. The maximum absolute atomic E-state index is 11.9. The number of hydrogen-bond donors (Lipinski definition) is 2. The van der Waals surface area contributed by atoms with E-state index in [1.54, 1.807) is 0 Å². The number of nitrogens with zero attached hydrogens (tertiary/aromatic N) is 1. The van der Waals surface area contributed by atoms with Gasteiger partial charge in [-0.05, 0) is 6.42 Å². The van der Waals surface area contributed by atoms with Crippen LogP contribution < -0.4 is 0 Å². The van der Waals surface area contributed by atoms with Gasteiger partial charge >= 0.3 is 13.8 Å². The standard InChI is InChI=1S/C34H70NO7P/c1-5-6-7-8-9-10-11-12-13-14-15-16-17-18-19-20-21-22-23-24-25-26-27-28-34(37)40-31-33(36)32-42-43(38,39)41-30-29-35(2,3)4/h33,36H,5-32H2,1-4H3/p+1. The fraction of sp³-hybridized carbons (Fsp3) is 0.971. The Hall–Kier alpha value is -0.500. The Balaban J connectivity index is 3.39. The van der Waals surface area contributed by atoms with Crippen molar-refractivity contribution in [1.29, 1.82) is 0 Å². The molecule has 0 heterocycles. The Morgan fingerprint density at radius 1 is 0.628 bits per heavy atom.